The molecule has 7 heteroatoms. The molecule has 1 amide bonds. The van der Waals surface area contributed by atoms with E-state index in [0.717, 1.165) is 13.1 Å². The highest BCUT2D eigenvalue weighted by Gasteiger charge is 2.25. The zero-order valence-corrected chi connectivity index (χ0v) is 20.6. The molecule has 0 bridgehead atoms. The van der Waals surface area contributed by atoms with E-state index in [9.17, 15) is 4.79 Å². The topological polar surface area (TPSA) is 65.0 Å². The van der Waals surface area contributed by atoms with Crippen LogP contribution in [0.25, 0.3) is 0 Å². The Morgan fingerprint density at radius 3 is 2.09 bits per heavy atom. The summed E-state index contributed by atoms with van der Waals surface area (Å²) in [6.07, 6.45) is 7.01. The third-order valence-electron chi connectivity index (χ3n) is 6.03. The Kier molecular flexibility index (Phi) is 9.48. The largest absolute Gasteiger partial charge is 0.490 e. The quantitative estimate of drug-likeness (QED) is 0.536. The Hall–Kier alpha value is -2.67. The van der Waals surface area contributed by atoms with E-state index in [-0.39, 0.29) is 11.9 Å². The summed E-state index contributed by atoms with van der Waals surface area (Å²) in [7, 11) is 2.07. The zero-order chi connectivity index (χ0) is 23.6. The molecule has 1 aliphatic heterocycles. The van der Waals surface area contributed by atoms with Gasteiger partial charge in [0.25, 0.3) is 5.91 Å². The Morgan fingerprint density at radius 1 is 0.970 bits per heavy atom. The highest BCUT2D eigenvalue weighted by molar-refractivity contribution is 5.95. The van der Waals surface area contributed by atoms with Gasteiger partial charge >= 0.3 is 0 Å². The van der Waals surface area contributed by atoms with Crippen LogP contribution in [0, 0.1) is 0 Å². The summed E-state index contributed by atoms with van der Waals surface area (Å²) in [5.41, 5.74) is 1.72. The minimum absolute atomic E-state index is 0.132. The Balaban J connectivity index is 1.82. The fourth-order valence-corrected chi connectivity index (χ4v) is 4.46. The predicted molar refractivity (Wildman–Crippen MR) is 130 cm³/mol. The first kappa shape index (κ1) is 25.0. The number of aryl methyl sites for hydroxylation is 1. The van der Waals surface area contributed by atoms with Crippen LogP contribution in [0.2, 0.25) is 0 Å². The van der Waals surface area contributed by atoms with Gasteiger partial charge in [-0.05, 0) is 71.0 Å². The van der Waals surface area contributed by atoms with Crippen LogP contribution >= 0.6 is 0 Å². The SMILES string of the molecule is CCOc1cc(C(=O)NCC(c2cccn2C)N2CCCCCC2)cc(OCC)c1OCC. The molecule has 0 radical (unpaired) electrons. The molecule has 7 nitrogen and oxygen atoms in total. The lowest BCUT2D eigenvalue weighted by Gasteiger charge is -2.31. The van der Waals surface area contributed by atoms with Crippen molar-refractivity contribution in [3.8, 4) is 17.2 Å². The number of likely N-dealkylation sites (tertiary alicyclic amines) is 1. The van der Waals surface area contributed by atoms with Gasteiger partial charge < -0.3 is 24.1 Å². The van der Waals surface area contributed by atoms with E-state index in [1.807, 2.05) is 20.8 Å². The highest BCUT2D eigenvalue weighted by atomic mass is 16.5. The van der Waals surface area contributed by atoms with E-state index < -0.39 is 0 Å². The molecule has 1 aromatic carbocycles. The lowest BCUT2D eigenvalue weighted by Crippen LogP contribution is -2.39. The van der Waals surface area contributed by atoms with Crippen LogP contribution in [-0.2, 0) is 7.05 Å². The number of carbonyl (C=O) groups excluding carboxylic acids is 1. The van der Waals surface area contributed by atoms with Gasteiger partial charge in [-0.1, -0.05) is 12.8 Å². The number of aromatic nitrogens is 1. The van der Waals surface area contributed by atoms with Crippen molar-refractivity contribution in [3.63, 3.8) is 0 Å². The maximum absolute atomic E-state index is 13.2. The summed E-state index contributed by atoms with van der Waals surface area (Å²) in [5, 5.41) is 3.18. The smallest absolute Gasteiger partial charge is 0.251 e. The fourth-order valence-electron chi connectivity index (χ4n) is 4.46. The predicted octanol–water partition coefficient (Wildman–Crippen LogP) is 4.57. The van der Waals surface area contributed by atoms with E-state index in [4.69, 9.17) is 14.2 Å². The number of nitrogens with zero attached hydrogens (tertiary/aromatic N) is 2. The van der Waals surface area contributed by atoms with E-state index >= 15 is 0 Å². The monoisotopic (exact) mass is 457 g/mol. The average molecular weight is 458 g/mol. The molecule has 1 fully saturated rings. The lowest BCUT2D eigenvalue weighted by atomic mass is 10.1. The van der Waals surface area contributed by atoms with Gasteiger partial charge in [0.2, 0.25) is 5.75 Å². The van der Waals surface area contributed by atoms with Gasteiger partial charge in [0.15, 0.2) is 11.5 Å². The molecule has 0 saturated carbocycles. The molecule has 1 aromatic heterocycles. The molecule has 1 unspecified atom stereocenters. The molecule has 0 spiro atoms. The van der Waals surface area contributed by atoms with Crippen LogP contribution in [0.15, 0.2) is 30.5 Å². The minimum Gasteiger partial charge on any atom is -0.490 e. The maximum atomic E-state index is 13.2. The van der Waals surface area contributed by atoms with Crippen molar-refractivity contribution in [1.82, 2.24) is 14.8 Å². The van der Waals surface area contributed by atoms with Crippen molar-refractivity contribution >= 4 is 5.91 Å². The van der Waals surface area contributed by atoms with Crippen molar-refractivity contribution in [2.75, 3.05) is 39.5 Å². The number of rotatable bonds is 11. The number of hydrogen-bond donors (Lipinski definition) is 1. The van der Waals surface area contributed by atoms with Gasteiger partial charge in [-0.3, -0.25) is 9.69 Å². The zero-order valence-electron chi connectivity index (χ0n) is 20.6. The molecular weight excluding hydrogens is 418 g/mol. The molecule has 33 heavy (non-hydrogen) atoms. The van der Waals surface area contributed by atoms with Crippen molar-refractivity contribution < 1.29 is 19.0 Å². The third-order valence-corrected chi connectivity index (χ3v) is 6.03. The Labute approximate surface area is 198 Å². The van der Waals surface area contributed by atoms with Crippen molar-refractivity contribution in [3.05, 3.63) is 41.7 Å². The van der Waals surface area contributed by atoms with Crippen molar-refractivity contribution in [2.24, 2.45) is 7.05 Å². The molecule has 0 aliphatic carbocycles. The van der Waals surface area contributed by atoms with Crippen LogP contribution in [0.5, 0.6) is 17.2 Å². The maximum Gasteiger partial charge on any atom is 0.251 e. The first-order chi connectivity index (χ1) is 16.1. The summed E-state index contributed by atoms with van der Waals surface area (Å²) < 4.78 is 19.5. The van der Waals surface area contributed by atoms with Crippen LogP contribution in [0.3, 0.4) is 0 Å². The summed E-state index contributed by atoms with van der Waals surface area (Å²) in [5.74, 6) is 1.46. The van der Waals surface area contributed by atoms with Gasteiger partial charge in [-0.2, -0.15) is 0 Å². The minimum atomic E-state index is -0.144. The van der Waals surface area contributed by atoms with E-state index in [0.29, 0.717) is 49.2 Å². The number of ether oxygens (including phenoxy) is 3. The first-order valence-electron chi connectivity index (χ1n) is 12.3. The van der Waals surface area contributed by atoms with Gasteiger partial charge in [-0.15, -0.1) is 0 Å². The molecule has 2 heterocycles. The molecule has 3 rings (SSSR count). The van der Waals surface area contributed by atoms with Gasteiger partial charge in [0.1, 0.15) is 0 Å². The van der Waals surface area contributed by atoms with Crippen molar-refractivity contribution in [2.45, 2.75) is 52.5 Å². The van der Waals surface area contributed by atoms with Gasteiger partial charge in [0.05, 0.1) is 25.9 Å². The molecule has 182 valence electrons. The summed E-state index contributed by atoms with van der Waals surface area (Å²) >= 11 is 0. The van der Waals surface area contributed by atoms with Crippen LogP contribution in [-0.4, -0.2) is 54.8 Å². The van der Waals surface area contributed by atoms with E-state index in [1.165, 1.54) is 31.4 Å². The second-order valence-corrected chi connectivity index (χ2v) is 8.32. The molecule has 2 aromatic rings. The van der Waals surface area contributed by atoms with Crippen LogP contribution in [0.4, 0.5) is 0 Å². The van der Waals surface area contributed by atoms with Gasteiger partial charge in [0, 0.05) is 31.0 Å². The number of hydrogen-bond acceptors (Lipinski definition) is 5. The normalized spacial score (nSPS) is 15.5. The Bertz CT molecular complexity index is 860. The standard InChI is InChI=1S/C26H39N3O4/c1-5-31-23-17-20(18-24(32-6-2)25(23)33-7-3)26(30)27-19-22(21-13-12-14-28(21)4)29-15-10-8-9-11-16-29/h12-14,17-18,22H,5-11,15-16,19H2,1-4H3,(H,27,30). The fraction of sp³-hybridized carbons (Fsp3) is 0.577. The second-order valence-electron chi connectivity index (χ2n) is 8.32. The average Bonchev–Trinajstić information content (AvgIpc) is 3.05. The number of benzene rings is 1. The van der Waals surface area contributed by atoms with E-state index in [2.05, 4.69) is 40.2 Å². The molecule has 1 saturated heterocycles. The second kappa shape index (κ2) is 12.5. The summed E-state index contributed by atoms with van der Waals surface area (Å²) in [6, 6.07) is 7.84. The molecular formula is C26H39N3O4. The number of nitrogens with one attached hydrogen (secondary N) is 1. The van der Waals surface area contributed by atoms with E-state index in [1.54, 1.807) is 12.1 Å². The number of carbonyl (C=O) groups is 1. The molecule has 1 N–H and O–H groups in total. The highest BCUT2D eigenvalue weighted by Crippen LogP contribution is 2.39. The van der Waals surface area contributed by atoms with Crippen LogP contribution < -0.4 is 19.5 Å². The Morgan fingerprint density at radius 2 is 1.58 bits per heavy atom. The van der Waals surface area contributed by atoms with Gasteiger partial charge in [-0.25, -0.2) is 0 Å². The van der Waals surface area contributed by atoms with Crippen molar-refractivity contribution in [1.29, 1.82) is 0 Å². The lowest BCUT2D eigenvalue weighted by molar-refractivity contribution is 0.0930. The molecule has 1 aliphatic rings. The number of amides is 1. The third kappa shape index (κ3) is 6.44. The molecule has 1 atom stereocenters. The van der Waals surface area contributed by atoms with Crippen LogP contribution in [0.1, 0.15) is 68.5 Å². The summed E-state index contributed by atoms with van der Waals surface area (Å²) in [6.45, 7) is 9.82. The summed E-state index contributed by atoms with van der Waals surface area (Å²) in [4.78, 5) is 15.8. The first-order valence-corrected chi connectivity index (χ1v) is 12.3.